The van der Waals surface area contributed by atoms with E-state index in [4.69, 9.17) is 22.0 Å². The second-order valence-corrected chi connectivity index (χ2v) is 7.10. The largest absolute Gasteiger partial charge is 0.387 e. The van der Waals surface area contributed by atoms with Crippen molar-refractivity contribution in [2.75, 3.05) is 5.75 Å². The smallest absolute Gasteiger partial charge is 0.318 e. The Kier molecular flexibility index (Phi) is 6.39. The minimum absolute atomic E-state index is 0.00412. The second-order valence-electron chi connectivity index (χ2n) is 3.83. The van der Waals surface area contributed by atoms with Gasteiger partial charge in [0, 0.05) is 23.3 Å². The first-order chi connectivity index (χ1) is 9.26. The first-order valence-electron chi connectivity index (χ1n) is 5.47. The third kappa shape index (κ3) is 7.43. The number of rotatable bonds is 8. The number of hydrogen-bond donors (Lipinski definition) is 4. The molecule has 0 bridgehead atoms. The SMILES string of the molecule is N=C(N)Cc1nc(CSCCC(N)=NS(N)(=O)=O)cs1. The van der Waals surface area contributed by atoms with Gasteiger partial charge in [0.05, 0.1) is 18.0 Å². The number of amidine groups is 2. The lowest BCUT2D eigenvalue weighted by Crippen LogP contribution is -2.19. The number of thioether (sulfide) groups is 1. The van der Waals surface area contributed by atoms with Crippen LogP contribution in [0, 0.1) is 5.41 Å². The first kappa shape index (κ1) is 16.9. The van der Waals surface area contributed by atoms with E-state index in [2.05, 4.69) is 9.38 Å². The molecule has 20 heavy (non-hydrogen) atoms. The van der Waals surface area contributed by atoms with Gasteiger partial charge in [0.25, 0.3) is 0 Å². The highest BCUT2D eigenvalue weighted by Crippen LogP contribution is 2.16. The molecule has 0 spiro atoms. The summed E-state index contributed by atoms with van der Waals surface area (Å²) in [6.45, 7) is 0. The predicted molar refractivity (Wildman–Crippen MR) is 83.2 cm³/mol. The van der Waals surface area contributed by atoms with Crippen LogP contribution >= 0.6 is 23.1 Å². The lowest BCUT2D eigenvalue weighted by Gasteiger charge is -1.99. The van der Waals surface area contributed by atoms with E-state index < -0.39 is 10.2 Å². The van der Waals surface area contributed by atoms with Crippen LogP contribution in [0.2, 0.25) is 0 Å². The van der Waals surface area contributed by atoms with Gasteiger partial charge in [0.1, 0.15) is 10.8 Å². The Labute approximate surface area is 125 Å². The van der Waals surface area contributed by atoms with E-state index in [0.29, 0.717) is 24.3 Å². The van der Waals surface area contributed by atoms with E-state index in [9.17, 15) is 8.42 Å². The van der Waals surface area contributed by atoms with Crippen molar-refractivity contribution in [1.29, 1.82) is 5.41 Å². The number of aromatic nitrogens is 1. The van der Waals surface area contributed by atoms with E-state index in [1.165, 1.54) is 11.3 Å². The molecule has 7 N–H and O–H groups in total. The Morgan fingerprint density at radius 1 is 1.50 bits per heavy atom. The molecule has 0 unspecified atom stereocenters. The highest BCUT2D eigenvalue weighted by molar-refractivity contribution is 7.98. The first-order valence-corrected chi connectivity index (χ1v) is 9.01. The zero-order valence-electron chi connectivity index (χ0n) is 10.6. The van der Waals surface area contributed by atoms with Crippen LogP contribution in [0.5, 0.6) is 0 Å². The van der Waals surface area contributed by atoms with Crippen LogP contribution < -0.4 is 16.6 Å². The normalized spacial score (nSPS) is 12.6. The van der Waals surface area contributed by atoms with E-state index in [0.717, 1.165) is 10.7 Å². The molecule has 1 rings (SSSR count). The Balaban J connectivity index is 2.33. The molecule has 0 aliphatic heterocycles. The molecule has 0 aromatic carbocycles. The Morgan fingerprint density at radius 2 is 2.20 bits per heavy atom. The summed E-state index contributed by atoms with van der Waals surface area (Å²) in [6.07, 6.45) is 0.703. The number of nitrogens with one attached hydrogen (secondary N) is 1. The molecule has 0 aliphatic rings. The summed E-state index contributed by atoms with van der Waals surface area (Å²) in [4.78, 5) is 4.33. The van der Waals surface area contributed by atoms with Crippen LogP contribution in [0.25, 0.3) is 0 Å². The van der Waals surface area contributed by atoms with Crippen molar-refractivity contribution in [3.8, 4) is 0 Å². The summed E-state index contributed by atoms with van der Waals surface area (Å²) < 4.78 is 24.5. The molecule has 1 aromatic heterocycles. The second kappa shape index (κ2) is 7.57. The molecule has 0 saturated heterocycles. The van der Waals surface area contributed by atoms with Crippen LogP contribution in [0.3, 0.4) is 0 Å². The highest BCUT2D eigenvalue weighted by Gasteiger charge is 2.05. The maximum atomic E-state index is 10.7. The quantitative estimate of drug-likeness (QED) is 0.292. The number of thiazole rings is 1. The van der Waals surface area contributed by atoms with Gasteiger partial charge in [-0.05, 0) is 0 Å². The molecular formula is C9H16N6O2S3. The molecular weight excluding hydrogens is 320 g/mol. The highest BCUT2D eigenvalue weighted by atomic mass is 32.2. The van der Waals surface area contributed by atoms with Crippen molar-refractivity contribution >= 4 is 45.0 Å². The van der Waals surface area contributed by atoms with Crippen molar-refractivity contribution in [2.45, 2.75) is 18.6 Å². The molecule has 8 nitrogen and oxygen atoms in total. The molecule has 0 atom stereocenters. The number of nitrogens with two attached hydrogens (primary N) is 3. The van der Waals surface area contributed by atoms with Crippen LogP contribution in [0.15, 0.2) is 9.78 Å². The van der Waals surface area contributed by atoms with Gasteiger partial charge in [-0.3, -0.25) is 5.41 Å². The lowest BCUT2D eigenvalue weighted by atomic mass is 10.4. The molecule has 0 amide bonds. The van der Waals surface area contributed by atoms with Gasteiger partial charge in [-0.2, -0.15) is 20.2 Å². The summed E-state index contributed by atoms with van der Waals surface area (Å²) in [5.74, 6) is 1.38. The minimum Gasteiger partial charge on any atom is -0.387 e. The molecule has 0 saturated carbocycles. The maximum Gasteiger partial charge on any atom is 0.318 e. The van der Waals surface area contributed by atoms with E-state index in [1.807, 2.05) is 5.38 Å². The summed E-state index contributed by atoms with van der Waals surface area (Å²) in [5.41, 5.74) is 11.6. The van der Waals surface area contributed by atoms with Gasteiger partial charge < -0.3 is 11.5 Å². The summed E-state index contributed by atoms with van der Waals surface area (Å²) in [6, 6.07) is 0. The summed E-state index contributed by atoms with van der Waals surface area (Å²) >= 11 is 3.02. The Bertz CT molecular complexity index is 595. The van der Waals surface area contributed by atoms with Crippen molar-refractivity contribution in [2.24, 2.45) is 21.0 Å². The standard InChI is InChI=1S/C9H16N6O2S3/c10-7(11)3-9-14-6(5-19-9)4-18-2-1-8(12)15-20(13,16)17/h5H,1-4H2,(H3,10,11)(H2,12,15)(H2,13,16,17). The monoisotopic (exact) mass is 336 g/mol. The van der Waals surface area contributed by atoms with Crippen LogP contribution in [0.1, 0.15) is 17.1 Å². The molecule has 0 aliphatic carbocycles. The molecule has 0 radical (unpaired) electrons. The zero-order valence-corrected chi connectivity index (χ0v) is 13.0. The van der Waals surface area contributed by atoms with E-state index >= 15 is 0 Å². The predicted octanol–water partition coefficient (Wildman–Crippen LogP) is -0.194. The molecule has 1 heterocycles. The fraction of sp³-hybridized carbons (Fsp3) is 0.444. The van der Waals surface area contributed by atoms with Gasteiger partial charge in [0.15, 0.2) is 0 Å². The van der Waals surface area contributed by atoms with Gasteiger partial charge >= 0.3 is 10.2 Å². The third-order valence-corrected chi connectivity index (χ3v) is 4.32. The van der Waals surface area contributed by atoms with Crippen molar-refractivity contribution < 1.29 is 8.42 Å². The van der Waals surface area contributed by atoms with Crippen LogP contribution in [-0.2, 0) is 22.4 Å². The minimum atomic E-state index is -3.91. The Hall–Kier alpha value is -1.17. The Morgan fingerprint density at radius 3 is 2.80 bits per heavy atom. The topological polar surface area (TPSA) is 161 Å². The third-order valence-electron chi connectivity index (χ3n) is 1.94. The maximum absolute atomic E-state index is 10.7. The average molecular weight is 336 g/mol. The fourth-order valence-electron chi connectivity index (χ4n) is 1.22. The fourth-order valence-corrected chi connectivity index (χ4v) is 3.42. The number of nitrogens with zero attached hydrogens (tertiary/aromatic N) is 2. The van der Waals surface area contributed by atoms with Crippen molar-refractivity contribution in [1.82, 2.24) is 4.98 Å². The average Bonchev–Trinajstić information content (AvgIpc) is 2.68. The summed E-state index contributed by atoms with van der Waals surface area (Å²) in [7, 11) is -3.91. The lowest BCUT2D eigenvalue weighted by molar-refractivity contribution is 0.599. The molecule has 0 fully saturated rings. The van der Waals surface area contributed by atoms with E-state index in [-0.39, 0.29) is 11.7 Å². The van der Waals surface area contributed by atoms with Crippen molar-refractivity contribution in [3.05, 3.63) is 16.1 Å². The van der Waals surface area contributed by atoms with Gasteiger partial charge in [-0.25, -0.2) is 10.1 Å². The summed E-state index contributed by atoms with van der Waals surface area (Å²) in [5, 5.41) is 14.6. The van der Waals surface area contributed by atoms with Gasteiger partial charge in [-0.1, -0.05) is 0 Å². The molecule has 11 heteroatoms. The zero-order chi connectivity index (χ0) is 15.2. The molecule has 1 aromatic rings. The van der Waals surface area contributed by atoms with Gasteiger partial charge in [0.2, 0.25) is 0 Å². The van der Waals surface area contributed by atoms with Crippen LogP contribution in [0.4, 0.5) is 0 Å². The number of hydrogen-bond acceptors (Lipinski definition) is 6. The van der Waals surface area contributed by atoms with Crippen molar-refractivity contribution in [3.63, 3.8) is 0 Å². The molecule has 112 valence electrons. The van der Waals surface area contributed by atoms with Gasteiger partial charge in [-0.15, -0.1) is 15.7 Å². The van der Waals surface area contributed by atoms with E-state index in [1.54, 1.807) is 11.8 Å². The van der Waals surface area contributed by atoms with Crippen LogP contribution in [-0.4, -0.2) is 30.8 Å².